The Labute approximate surface area is 230 Å². The van der Waals surface area contributed by atoms with Crippen molar-refractivity contribution in [2.75, 3.05) is 0 Å². The molecule has 8 rings (SSSR count). The summed E-state index contributed by atoms with van der Waals surface area (Å²) < 4.78 is 11.0. The van der Waals surface area contributed by atoms with Gasteiger partial charge in [0.15, 0.2) is 5.58 Å². The van der Waals surface area contributed by atoms with Crippen molar-refractivity contribution in [3.8, 4) is 11.7 Å². The van der Waals surface area contributed by atoms with Gasteiger partial charge in [0.1, 0.15) is 5.52 Å². The summed E-state index contributed by atoms with van der Waals surface area (Å²) >= 11 is 0. The third kappa shape index (κ3) is 3.10. The molecule has 0 unspecified atom stereocenters. The highest BCUT2D eigenvalue weighted by Crippen LogP contribution is 2.43. The number of para-hydroxylation sites is 4. The van der Waals surface area contributed by atoms with E-state index in [1.807, 2.05) is 36.4 Å². The van der Waals surface area contributed by atoms with Gasteiger partial charge in [-0.25, -0.2) is 0 Å². The van der Waals surface area contributed by atoms with Gasteiger partial charge in [-0.15, -0.1) is 0 Å². The van der Waals surface area contributed by atoms with Crippen LogP contribution in [-0.2, 0) is 0 Å². The number of aryl methyl sites for hydroxylation is 1. The van der Waals surface area contributed by atoms with E-state index in [1.54, 1.807) is 0 Å². The van der Waals surface area contributed by atoms with E-state index in [4.69, 9.17) is 9.40 Å². The Hall–Kier alpha value is -5.35. The van der Waals surface area contributed by atoms with Crippen LogP contribution in [0.2, 0.25) is 0 Å². The number of oxazole rings is 1. The summed E-state index contributed by atoms with van der Waals surface area (Å²) in [5, 5.41) is 4.71. The molecule has 190 valence electrons. The Morgan fingerprint density at radius 1 is 0.700 bits per heavy atom. The molecular weight excluding hydrogens is 490 g/mol. The Kier molecular flexibility index (Phi) is 4.85. The minimum absolute atomic E-state index is 0.563. The Bertz CT molecular complexity index is 2260. The van der Waals surface area contributed by atoms with Crippen molar-refractivity contribution >= 4 is 60.8 Å². The molecule has 0 aliphatic carbocycles. The van der Waals surface area contributed by atoms with Gasteiger partial charge < -0.3 is 8.98 Å². The molecule has 0 saturated carbocycles. The predicted molar refractivity (Wildman–Crippen MR) is 167 cm³/mol. The second kappa shape index (κ2) is 8.58. The smallest absolute Gasteiger partial charge is 0.307 e. The lowest BCUT2D eigenvalue weighted by Crippen LogP contribution is -1.98. The Morgan fingerprint density at radius 2 is 1.45 bits per heavy atom. The first kappa shape index (κ1) is 22.6. The molecule has 8 aromatic rings. The average Bonchev–Trinajstić information content (AvgIpc) is 3.67. The highest BCUT2D eigenvalue weighted by atomic mass is 16.4. The van der Waals surface area contributed by atoms with Crippen LogP contribution in [0.3, 0.4) is 0 Å². The quantitative estimate of drug-likeness (QED) is 0.219. The van der Waals surface area contributed by atoms with E-state index in [9.17, 15) is 0 Å². The number of allylic oxidation sites excluding steroid dienone is 2. The van der Waals surface area contributed by atoms with Crippen molar-refractivity contribution in [1.82, 2.24) is 14.1 Å². The molecule has 0 spiro atoms. The maximum Gasteiger partial charge on any atom is 0.307 e. The van der Waals surface area contributed by atoms with Crippen LogP contribution in [0.25, 0.3) is 72.5 Å². The number of hydrogen-bond donors (Lipinski definition) is 0. The summed E-state index contributed by atoms with van der Waals surface area (Å²) in [6, 6.07) is 36.5. The minimum atomic E-state index is 0.563. The van der Waals surface area contributed by atoms with Gasteiger partial charge >= 0.3 is 6.01 Å². The van der Waals surface area contributed by atoms with Crippen LogP contribution in [-0.4, -0.2) is 14.1 Å². The van der Waals surface area contributed by atoms with Gasteiger partial charge in [0, 0.05) is 27.2 Å². The molecule has 0 N–H and O–H groups in total. The van der Waals surface area contributed by atoms with Gasteiger partial charge in [-0.3, -0.25) is 4.57 Å². The van der Waals surface area contributed by atoms with Crippen molar-refractivity contribution in [3.63, 3.8) is 0 Å². The molecule has 0 bridgehead atoms. The van der Waals surface area contributed by atoms with Gasteiger partial charge in [0.05, 0.1) is 22.1 Å². The molecule has 3 heterocycles. The molecule has 5 aromatic carbocycles. The van der Waals surface area contributed by atoms with E-state index in [-0.39, 0.29) is 0 Å². The fourth-order valence-electron chi connectivity index (χ4n) is 6.15. The first-order chi connectivity index (χ1) is 19.7. The van der Waals surface area contributed by atoms with Gasteiger partial charge in [-0.2, -0.15) is 4.98 Å². The monoisotopic (exact) mass is 515 g/mol. The summed E-state index contributed by atoms with van der Waals surface area (Å²) in [5.74, 6) is 0. The highest BCUT2D eigenvalue weighted by Gasteiger charge is 2.24. The fraction of sp³-hybridized carbons (Fsp3) is 0.0278. The van der Waals surface area contributed by atoms with E-state index in [0.29, 0.717) is 6.01 Å². The number of fused-ring (bicyclic) bond motifs is 8. The van der Waals surface area contributed by atoms with Crippen LogP contribution < -0.4 is 0 Å². The lowest BCUT2D eigenvalue weighted by atomic mass is 10.00. The summed E-state index contributed by atoms with van der Waals surface area (Å²) in [7, 11) is 0. The summed E-state index contributed by atoms with van der Waals surface area (Å²) in [5.41, 5.74) is 9.53. The average molecular weight is 516 g/mol. The van der Waals surface area contributed by atoms with Gasteiger partial charge in [-0.1, -0.05) is 91.5 Å². The predicted octanol–water partition coefficient (Wildman–Crippen LogP) is 9.53. The van der Waals surface area contributed by atoms with Crippen molar-refractivity contribution in [2.24, 2.45) is 0 Å². The zero-order chi connectivity index (χ0) is 26.8. The maximum atomic E-state index is 6.41. The van der Waals surface area contributed by atoms with E-state index in [2.05, 4.69) is 108 Å². The largest absolute Gasteiger partial charge is 0.423 e. The molecule has 0 saturated heterocycles. The second-order valence-electron chi connectivity index (χ2n) is 10.1. The second-order valence-corrected chi connectivity index (χ2v) is 10.1. The standard InChI is InChI=1S/C36H25N3O/c1-3-4-14-25-23(2)19-22-31-33(25)28-21-20-27-26-15-8-10-17-30(26)39(36-37-29-16-9-11-18-32(29)40-36)34(27)35(28)38(31)24-12-6-5-7-13-24/h3-22H,1H2,2H3/b14-4-. The number of rotatable bonds is 4. The Morgan fingerprint density at radius 3 is 2.30 bits per heavy atom. The number of nitrogens with zero attached hydrogens (tertiary/aromatic N) is 3. The molecule has 4 nitrogen and oxygen atoms in total. The normalized spacial score (nSPS) is 12.1. The van der Waals surface area contributed by atoms with Crippen LogP contribution in [0, 0.1) is 6.92 Å². The zero-order valence-corrected chi connectivity index (χ0v) is 22.0. The number of benzene rings is 5. The van der Waals surface area contributed by atoms with E-state index < -0.39 is 0 Å². The van der Waals surface area contributed by atoms with Crippen molar-refractivity contribution in [3.05, 3.63) is 133 Å². The number of aromatic nitrogens is 3. The highest BCUT2D eigenvalue weighted by molar-refractivity contribution is 6.25. The Balaban J connectivity index is 1.65. The van der Waals surface area contributed by atoms with Crippen molar-refractivity contribution < 1.29 is 4.42 Å². The van der Waals surface area contributed by atoms with Crippen molar-refractivity contribution in [2.45, 2.75) is 6.92 Å². The molecule has 40 heavy (non-hydrogen) atoms. The van der Waals surface area contributed by atoms with Crippen LogP contribution in [0.4, 0.5) is 0 Å². The molecule has 0 aliphatic heterocycles. The van der Waals surface area contributed by atoms with Crippen LogP contribution in [0.15, 0.2) is 126 Å². The van der Waals surface area contributed by atoms with E-state index in [1.165, 1.54) is 21.9 Å². The van der Waals surface area contributed by atoms with Gasteiger partial charge in [0.25, 0.3) is 0 Å². The van der Waals surface area contributed by atoms with Crippen LogP contribution >= 0.6 is 0 Å². The third-order valence-electron chi connectivity index (χ3n) is 7.87. The van der Waals surface area contributed by atoms with Crippen molar-refractivity contribution in [1.29, 1.82) is 0 Å². The molecule has 3 aromatic heterocycles. The molecular formula is C36H25N3O. The summed E-state index contributed by atoms with van der Waals surface area (Å²) in [4.78, 5) is 4.96. The molecule has 0 aliphatic rings. The molecule has 0 fully saturated rings. The van der Waals surface area contributed by atoms with E-state index in [0.717, 1.165) is 49.6 Å². The molecule has 0 amide bonds. The van der Waals surface area contributed by atoms with Crippen LogP contribution in [0.5, 0.6) is 0 Å². The number of hydrogen-bond acceptors (Lipinski definition) is 2. The minimum Gasteiger partial charge on any atom is -0.423 e. The molecule has 0 radical (unpaired) electrons. The van der Waals surface area contributed by atoms with Gasteiger partial charge in [0.2, 0.25) is 0 Å². The molecule has 4 heteroatoms. The third-order valence-corrected chi connectivity index (χ3v) is 7.87. The van der Waals surface area contributed by atoms with Crippen LogP contribution in [0.1, 0.15) is 11.1 Å². The lowest BCUT2D eigenvalue weighted by molar-refractivity contribution is 0.574. The fourth-order valence-corrected chi connectivity index (χ4v) is 6.15. The lowest BCUT2D eigenvalue weighted by Gasteiger charge is -2.10. The summed E-state index contributed by atoms with van der Waals surface area (Å²) in [6.45, 7) is 6.08. The first-order valence-corrected chi connectivity index (χ1v) is 13.4. The zero-order valence-electron chi connectivity index (χ0n) is 22.0. The SMILES string of the molecule is C=C/C=C\c1c(C)ccc2c1c1ccc3c4ccccc4n(-c4nc5ccccc5o4)c3c1n2-c1ccccc1. The summed E-state index contributed by atoms with van der Waals surface area (Å²) in [6.07, 6.45) is 6.01. The topological polar surface area (TPSA) is 35.9 Å². The molecule has 0 atom stereocenters. The first-order valence-electron chi connectivity index (χ1n) is 13.4. The van der Waals surface area contributed by atoms with E-state index >= 15 is 0 Å². The maximum absolute atomic E-state index is 6.41. The van der Waals surface area contributed by atoms with Gasteiger partial charge in [-0.05, 0) is 54.4 Å².